The smallest absolute Gasteiger partial charge is 0.246 e. The number of ether oxygens (including phenoxy) is 1. The first kappa shape index (κ1) is 21.2. The SMILES string of the molecule is O=C(CCc1ccccc1)NC(Cc1ccccc1)C(=O)N1CCCC2OCC(=O)C21. The van der Waals surface area contributed by atoms with Crippen LogP contribution in [0.4, 0.5) is 0 Å². The van der Waals surface area contributed by atoms with E-state index in [0.717, 1.165) is 24.0 Å². The van der Waals surface area contributed by atoms with Crippen molar-refractivity contribution in [3.8, 4) is 0 Å². The molecule has 2 aromatic carbocycles. The fraction of sp³-hybridized carbons (Fsp3) is 0.400. The lowest BCUT2D eigenvalue weighted by atomic mass is 9.95. The highest BCUT2D eigenvalue weighted by Gasteiger charge is 2.45. The van der Waals surface area contributed by atoms with Crippen molar-refractivity contribution in [2.45, 2.75) is 50.3 Å². The zero-order valence-electron chi connectivity index (χ0n) is 17.5. The second kappa shape index (κ2) is 9.88. The van der Waals surface area contributed by atoms with Crippen LogP contribution in [-0.2, 0) is 32.0 Å². The van der Waals surface area contributed by atoms with Gasteiger partial charge in [-0.3, -0.25) is 14.4 Å². The number of nitrogens with zero attached hydrogens (tertiary/aromatic N) is 1. The molecule has 0 saturated carbocycles. The Hall–Kier alpha value is -2.99. The Morgan fingerprint density at radius 1 is 1.03 bits per heavy atom. The number of fused-ring (bicyclic) bond motifs is 1. The molecule has 0 aliphatic carbocycles. The quantitative estimate of drug-likeness (QED) is 0.746. The molecule has 0 bridgehead atoms. The number of benzene rings is 2. The average molecular weight is 421 g/mol. The fourth-order valence-electron chi connectivity index (χ4n) is 4.46. The van der Waals surface area contributed by atoms with Crippen LogP contribution in [0.2, 0.25) is 0 Å². The normalized spacial score (nSPS) is 21.4. The van der Waals surface area contributed by atoms with Crippen molar-refractivity contribution in [3.63, 3.8) is 0 Å². The maximum atomic E-state index is 13.5. The molecule has 4 rings (SSSR count). The standard InChI is InChI=1S/C25H28N2O4/c28-21-17-31-22-12-7-15-27(24(21)22)25(30)20(16-19-10-5-2-6-11-19)26-23(29)14-13-18-8-3-1-4-9-18/h1-6,8-11,20,22,24H,7,12-17H2,(H,26,29). The van der Waals surface area contributed by atoms with E-state index in [1.54, 1.807) is 4.90 Å². The molecule has 2 saturated heterocycles. The van der Waals surface area contributed by atoms with Gasteiger partial charge in [-0.2, -0.15) is 0 Å². The molecule has 0 radical (unpaired) electrons. The number of Topliss-reactive ketones (excluding diaryl/α,β-unsaturated/α-hetero) is 1. The molecular formula is C25H28N2O4. The monoisotopic (exact) mass is 420 g/mol. The van der Waals surface area contributed by atoms with Gasteiger partial charge in [0.15, 0.2) is 5.78 Å². The van der Waals surface area contributed by atoms with Crippen molar-refractivity contribution < 1.29 is 19.1 Å². The minimum atomic E-state index is -0.710. The highest BCUT2D eigenvalue weighted by Crippen LogP contribution is 2.27. The van der Waals surface area contributed by atoms with Crippen molar-refractivity contribution in [2.75, 3.05) is 13.2 Å². The van der Waals surface area contributed by atoms with Gasteiger partial charge in [-0.05, 0) is 30.4 Å². The van der Waals surface area contributed by atoms with Gasteiger partial charge < -0.3 is 15.0 Å². The Bertz CT molecular complexity index is 916. The molecule has 2 heterocycles. The topological polar surface area (TPSA) is 75.7 Å². The van der Waals surface area contributed by atoms with Gasteiger partial charge in [0.05, 0.1) is 6.10 Å². The Labute approximate surface area is 182 Å². The Kier molecular flexibility index (Phi) is 6.77. The number of carbonyl (C=O) groups excluding carboxylic acids is 3. The Morgan fingerprint density at radius 2 is 1.71 bits per heavy atom. The van der Waals surface area contributed by atoms with Crippen LogP contribution in [0.1, 0.15) is 30.4 Å². The third kappa shape index (κ3) is 5.20. The van der Waals surface area contributed by atoms with Crippen LogP contribution in [0.3, 0.4) is 0 Å². The first-order valence-electron chi connectivity index (χ1n) is 10.9. The van der Waals surface area contributed by atoms with Crippen molar-refractivity contribution in [1.82, 2.24) is 10.2 Å². The molecule has 0 spiro atoms. The second-order valence-corrected chi connectivity index (χ2v) is 8.23. The van der Waals surface area contributed by atoms with E-state index in [9.17, 15) is 14.4 Å². The van der Waals surface area contributed by atoms with Gasteiger partial charge in [0.1, 0.15) is 18.7 Å². The van der Waals surface area contributed by atoms with E-state index < -0.39 is 12.1 Å². The van der Waals surface area contributed by atoms with E-state index in [4.69, 9.17) is 4.74 Å². The molecule has 1 N–H and O–H groups in total. The first-order chi connectivity index (χ1) is 15.1. The van der Waals surface area contributed by atoms with Crippen LogP contribution in [0.15, 0.2) is 60.7 Å². The van der Waals surface area contributed by atoms with E-state index in [1.165, 1.54) is 0 Å². The van der Waals surface area contributed by atoms with Crippen molar-refractivity contribution in [1.29, 1.82) is 0 Å². The van der Waals surface area contributed by atoms with Crippen LogP contribution in [0.25, 0.3) is 0 Å². The molecule has 2 amide bonds. The second-order valence-electron chi connectivity index (χ2n) is 8.23. The summed E-state index contributed by atoms with van der Waals surface area (Å²) in [5.41, 5.74) is 2.04. The van der Waals surface area contributed by atoms with Gasteiger partial charge in [-0.25, -0.2) is 0 Å². The van der Waals surface area contributed by atoms with Crippen LogP contribution in [0, 0.1) is 0 Å². The number of rotatable bonds is 7. The van der Waals surface area contributed by atoms with Gasteiger partial charge in [-0.1, -0.05) is 60.7 Å². The van der Waals surface area contributed by atoms with Crippen LogP contribution < -0.4 is 5.32 Å². The summed E-state index contributed by atoms with van der Waals surface area (Å²) in [5.74, 6) is -0.418. The number of amides is 2. The molecule has 2 aromatic rings. The minimum Gasteiger partial charge on any atom is -0.368 e. The average Bonchev–Trinajstić information content (AvgIpc) is 3.19. The van der Waals surface area contributed by atoms with Crippen LogP contribution >= 0.6 is 0 Å². The molecule has 0 aromatic heterocycles. The highest BCUT2D eigenvalue weighted by molar-refractivity contribution is 5.95. The number of carbonyl (C=O) groups is 3. The van der Waals surface area contributed by atoms with Gasteiger partial charge in [0.25, 0.3) is 0 Å². The molecule has 3 unspecified atom stereocenters. The summed E-state index contributed by atoms with van der Waals surface area (Å²) in [6.07, 6.45) is 2.65. The first-order valence-corrected chi connectivity index (χ1v) is 10.9. The summed E-state index contributed by atoms with van der Waals surface area (Å²) in [6.45, 7) is 0.576. The van der Waals surface area contributed by atoms with E-state index >= 15 is 0 Å². The van der Waals surface area contributed by atoms with Gasteiger partial charge in [0.2, 0.25) is 11.8 Å². The number of piperidine rings is 1. The maximum Gasteiger partial charge on any atom is 0.246 e. The Balaban J connectivity index is 1.47. The lowest BCUT2D eigenvalue weighted by Gasteiger charge is -2.37. The van der Waals surface area contributed by atoms with E-state index in [1.807, 2.05) is 60.7 Å². The molecule has 2 aliphatic rings. The number of likely N-dealkylation sites (tertiary alicyclic amines) is 1. The Morgan fingerprint density at radius 3 is 2.42 bits per heavy atom. The van der Waals surface area contributed by atoms with Crippen LogP contribution in [-0.4, -0.2) is 53.8 Å². The highest BCUT2D eigenvalue weighted by atomic mass is 16.5. The predicted octanol–water partition coefficient (Wildman–Crippen LogP) is 2.31. The molecule has 2 fully saturated rings. The fourth-order valence-corrected chi connectivity index (χ4v) is 4.46. The zero-order chi connectivity index (χ0) is 21.6. The van der Waals surface area contributed by atoms with Gasteiger partial charge >= 0.3 is 0 Å². The zero-order valence-corrected chi connectivity index (χ0v) is 17.5. The molecule has 3 atom stereocenters. The van der Waals surface area contributed by atoms with Crippen LogP contribution in [0.5, 0.6) is 0 Å². The summed E-state index contributed by atoms with van der Waals surface area (Å²) in [6, 6.07) is 18.2. The van der Waals surface area contributed by atoms with E-state index in [-0.39, 0.29) is 30.3 Å². The number of nitrogens with one attached hydrogen (secondary N) is 1. The molecule has 162 valence electrons. The largest absolute Gasteiger partial charge is 0.368 e. The number of ketones is 1. The number of aryl methyl sites for hydroxylation is 1. The minimum absolute atomic E-state index is 0.0492. The summed E-state index contributed by atoms with van der Waals surface area (Å²) >= 11 is 0. The van der Waals surface area contributed by atoms with E-state index in [2.05, 4.69) is 5.32 Å². The molecule has 31 heavy (non-hydrogen) atoms. The number of hydrogen-bond acceptors (Lipinski definition) is 4. The number of hydrogen-bond donors (Lipinski definition) is 1. The molecule has 2 aliphatic heterocycles. The third-order valence-corrected chi connectivity index (χ3v) is 6.03. The third-order valence-electron chi connectivity index (χ3n) is 6.03. The predicted molar refractivity (Wildman–Crippen MR) is 116 cm³/mol. The lowest BCUT2D eigenvalue weighted by molar-refractivity contribution is -0.144. The van der Waals surface area contributed by atoms with Gasteiger partial charge in [-0.15, -0.1) is 0 Å². The summed E-state index contributed by atoms with van der Waals surface area (Å²) in [5, 5.41) is 2.95. The summed E-state index contributed by atoms with van der Waals surface area (Å²) in [7, 11) is 0. The molecular weight excluding hydrogens is 392 g/mol. The molecule has 6 heteroatoms. The van der Waals surface area contributed by atoms with E-state index in [0.29, 0.717) is 25.8 Å². The maximum absolute atomic E-state index is 13.5. The van der Waals surface area contributed by atoms with Crippen molar-refractivity contribution in [2.24, 2.45) is 0 Å². The lowest BCUT2D eigenvalue weighted by Crippen LogP contribution is -2.58. The van der Waals surface area contributed by atoms with Gasteiger partial charge in [0, 0.05) is 19.4 Å². The summed E-state index contributed by atoms with van der Waals surface area (Å²) in [4.78, 5) is 40.2. The molecule has 6 nitrogen and oxygen atoms in total. The van der Waals surface area contributed by atoms with Crippen molar-refractivity contribution in [3.05, 3.63) is 71.8 Å². The summed E-state index contributed by atoms with van der Waals surface area (Å²) < 4.78 is 5.59. The van der Waals surface area contributed by atoms with Crippen molar-refractivity contribution >= 4 is 17.6 Å².